The van der Waals surface area contributed by atoms with Gasteiger partial charge in [0, 0.05) is 12.2 Å². The van der Waals surface area contributed by atoms with Crippen molar-refractivity contribution in [3.8, 4) is 0 Å². The molecule has 0 amide bonds. The number of aromatic nitrogens is 1. The molecule has 2 rings (SSSR count). The topological polar surface area (TPSA) is 50.9 Å². The van der Waals surface area contributed by atoms with Gasteiger partial charge in [0.2, 0.25) is 0 Å². The third-order valence-corrected chi connectivity index (χ3v) is 3.30. The Morgan fingerprint density at radius 1 is 1.60 bits per heavy atom. The van der Waals surface area contributed by atoms with E-state index in [0.29, 0.717) is 11.7 Å². The van der Waals surface area contributed by atoms with Gasteiger partial charge in [0.25, 0.3) is 0 Å². The molecule has 15 heavy (non-hydrogen) atoms. The van der Waals surface area contributed by atoms with E-state index in [2.05, 4.69) is 33.2 Å². The van der Waals surface area contributed by atoms with Gasteiger partial charge in [-0.15, -0.1) is 0 Å². The lowest BCUT2D eigenvalue weighted by molar-refractivity contribution is 0.642. The first-order valence-electron chi connectivity index (χ1n) is 5.32. The van der Waals surface area contributed by atoms with Crippen LogP contribution in [-0.4, -0.2) is 11.0 Å². The summed E-state index contributed by atoms with van der Waals surface area (Å²) in [5.41, 5.74) is 7.53. The normalized spacial score (nSPS) is 17.5. The molecule has 0 saturated heterocycles. The fraction of sp³-hybridized carbons (Fsp3) is 0.545. The Morgan fingerprint density at radius 2 is 2.33 bits per heavy atom. The van der Waals surface area contributed by atoms with E-state index in [1.165, 1.54) is 19.3 Å². The summed E-state index contributed by atoms with van der Waals surface area (Å²) in [5, 5.41) is 3.44. The SMILES string of the molecule is CC(CC1CC1)Nc1c(N)cncc1Br. The molecule has 1 aromatic rings. The zero-order valence-electron chi connectivity index (χ0n) is 8.83. The molecule has 1 atom stereocenters. The largest absolute Gasteiger partial charge is 0.396 e. The Hall–Kier alpha value is -0.770. The predicted octanol–water partition coefficient (Wildman–Crippen LogP) is 3.03. The highest BCUT2D eigenvalue weighted by Crippen LogP contribution is 2.35. The fourth-order valence-electron chi connectivity index (χ4n) is 1.76. The standard InChI is InChI=1S/C11H16BrN3/c1-7(4-8-2-3-8)15-11-9(12)5-14-6-10(11)13/h5-8H,2-4,13H2,1H3,(H,14,15). The number of pyridine rings is 1. The van der Waals surface area contributed by atoms with Gasteiger partial charge in [-0.25, -0.2) is 0 Å². The number of nitrogens with zero attached hydrogens (tertiary/aromatic N) is 1. The summed E-state index contributed by atoms with van der Waals surface area (Å²) < 4.78 is 0.935. The van der Waals surface area contributed by atoms with Crippen LogP contribution in [0.15, 0.2) is 16.9 Å². The van der Waals surface area contributed by atoms with Gasteiger partial charge in [0.1, 0.15) is 0 Å². The molecule has 82 valence electrons. The van der Waals surface area contributed by atoms with Gasteiger partial charge in [0.15, 0.2) is 0 Å². The number of hydrogen-bond acceptors (Lipinski definition) is 3. The van der Waals surface area contributed by atoms with Crippen molar-refractivity contribution in [2.45, 2.75) is 32.2 Å². The number of hydrogen-bond donors (Lipinski definition) is 2. The fourth-order valence-corrected chi connectivity index (χ4v) is 2.22. The summed E-state index contributed by atoms with van der Waals surface area (Å²) in [6, 6.07) is 0.471. The second-order valence-corrected chi connectivity index (χ2v) is 5.16. The zero-order valence-corrected chi connectivity index (χ0v) is 10.4. The number of nitrogens with two attached hydrogens (primary N) is 1. The third kappa shape index (κ3) is 2.84. The first kappa shape index (κ1) is 10.7. The van der Waals surface area contributed by atoms with Crippen LogP contribution in [0.4, 0.5) is 11.4 Å². The van der Waals surface area contributed by atoms with Gasteiger partial charge in [-0.3, -0.25) is 4.98 Å². The maximum absolute atomic E-state index is 5.86. The minimum Gasteiger partial charge on any atom is -0.396 e. The molecular formula is C11H16BrN3. The molecule has 3 nitrogen and oxygen atoms in total. The van der Waals surface area contributed by atoms with Gasteiger partial charge >= 0.3 is 0 Å². The molecule has 1 unspecified atom stereocenters. The Labute approximate surface area is 98.6 Å². The average Bonchev–Trinajstić information content (AvgIpc) is 2.95. The second kappa shape index (κ2) is 4.39. The van der Waals surface area contributed by atoms with Gasteiger partial charge < -0.3 is 11.1 Å². The van der Waals surface area contributed by atoms with Crippen molar-refractivity contribution >= 4 is 27.3 Å². The lowest BCUT2D eigenvalue weighted by Gasteiger charge is -2.17. The van der Waals surface area contributed by atoms with E-state index < -0.39 is 0 Å². The lowest BCUT2D eigenvalue weighted by atomic mass is 10.1. The van der Waals surface area contributed by atoms with Gasteiger partial charge in [-0.1, -0.05) is 12.8 Å². The predicted molar refractivity (Wildman–Crippen MR) is 66.8 cm³/mol. The van der Waals surface area contributed by atoms with Crippen LogP contribution < -0.4 is 11.1 Å². The van der Waals surface area contributed by atoms with Crippen LogP contribution in [0.2, 0.25) is 0 Å². The molecule has 0 radical (unpaired) electrons. The van der Waals surface area contributed by atoms with Gasteiger partial charge in [-0.05, 0) is 35.2 Å². The summed E-state index contributed by atoms with van der Waals surface area (Å²) in [5.74, 6) is 0.925. The Balaban J connectivity index is 2.01. The zero-order chi connectivity index (χ0) is 10.8. The molecule has 1 aliphatic carbocycles. The Kier molecular flexibility index (Phi) is 3.14. The maximum Gasteiger partial charge on any atom is 0.0752 e. The second-order valence-electron chi connectivity index (χ2n) is 4.31. The number of halogens is 1. The summed E-state index contributed by atoms with van der Waals surface area (Å²) in [7, 11) is 0. The summed E-state index contributed by atoms with van der Waals surface area (Å²) in [6.07, 6.45) is 7.45. The number of rotatable bonds is 4. The molecule has 1 fully saturated rings. The minimum absolute atomic E-state index is 0.471. The van der Waals surface area contributed by atoms with E-state index in [1.807, 2.05) is 0 Å². The van der Waals surface area contributed by atoms with E-state index in [0.717, 1.165) is 16.1 Å². The number of nitrogen functional groups attached to an aromatic ring is 1. The highest BCUT2D eigenvalue weighted by atomic mass is 79.9. The van der Waals surface area contributed by atoms with E-state index >= 15 is 0 Å². The average molecular weight is 270 g/mol. The first-order chi connectivity index (χ1) is 7.16. The first-order valence-corrected chi connectivity index (χ1v) is 6.11. The smallest absolute Gasteiger partial charge is 0.0752 e. The molecule has 0 spiro atoms. The van der Waals surface area contributed by atoms with Crippen molar-refractivity contribution in [2.75, 3.05) is 11.1 Å². The van der Waals surface area contributed by atoms with Gasteiger partial charge in [0.05, 0.1) is 22.0 Å². The molecule has 0 aliphatic heterocycles. The van der Waals surface area contributed by atoms with Gasteiger partial charge in [-0.2, -0.15) is 0 Å². The van der Waals surface area contributed by atoms with E-state index in [9.17, 15) is 0 Å². The molecule has 1 heterocycles. The lowest BCUT2D eigenvalue weighted by Crippen LogP contribution is -2.17. The van der Waals surface area contributed by atoms with Crippen LogP contribution in [0, 0.1) is 5.92 Å². The van der Waals surface area contributed by atoms with Crippen molar-refractivity contribution < 1.29 is 0 Å². The molecule has 0 aromatic carbocycles. The molecule has 4 heteroatoms. The Bertz CT molecular complexity index is 329. The quantitative estimate of drug-likeness (QED) is 0.884. The highest BCUT2D eigenvalue weighted by molar-refractivity contribution is 9.10. The number of nitrogens with one attached hydrogen (secondary N) is 1. The van der Waals surface area contributed by atoms with E-state index in [-0.39, 0.29) is 0 Å². The molecule has 3 N–H and O–H groups in total. The molecule has 1 aliphatic rings. The van der Waals surface area contributed by atoms with E-state index in [1.54, 1.807) is 12.4 Å². The number of anilines is 2. The van der Waals surface area contributed by atoms with Crippen LogP contribution in [0.1, 0.15) is 26.2 Å². The maximum atomic E-state index is 5.86. The molecule has 1 aromatic heterocycles. The summed E-state index contributed by atoms with van der Waals surface area (Å²) in [6.45, 7) is 2.20. The van der Waals surface area contributed by atoms with E-state index in [4.69, 9.17) is 5.73 Å². The van der Waals surface area contributed by atoms with Crippen LogP contribution in [0.3, 0.4) is 0 Å². The van der Waals surface area contributed by atoms with Crippen LogP contribution in [-0.2, 0) is 0 Å². The molecular weight excluding hydrogens is 254 g/mol. The summed E-state index contributed by atoms with van der Waals surface area (Å²) >= 11 is 3.45. The van der Waals surface area contributed by atoms with Crippen molar-refractivity contribution in [2.24, 2.45) is 5.92 Å². The van der Waals surface area contributed by atoms with Crippen molar-refractivity contribution in [3.05, 3.63) is 16.9 Å². The molecule has 0 bridgehead atoms. The minimum atomic E-state index is 0.471. The highest BCUT2D eigenvalue weighted by Gasteiger charge is 2.23. The summed E-state index contributed by atoms with van der Waals surface area (Å²) in [4.78, 5) is 4.01. The van der Waals surface area contributed by atoms with Crippen molar-refractivity contribution in [1.82, 2.24) is 4.98 Å². The van der Waals surface area contributed by atoms with Crippen molar-refractivity contribution in [3.63, 3.8) is 0 Å². The van der Waals surface area contributed by atoms with Crippen LogP contribution in [0.5, 0.6) is 0 Å². The third-order valence-electron chi connectivity index (χ3n) is 2.70. The van der Waals surface area contributed by atoms with Crippen molar-refractivity contribution in [1.29, 1.82) is 0 Å². The van der Waals surface area contributed by atoms with Crippen LogP contribution >= 0.6 is 15.9 Å². The monoisotopic (exact) mass is 269 g/mol. The van der Waals surface area contributed by atoms with Crippen LogP contribution in [0.25, 0.3) is 0 Å². The Morgan fingerprint density at radius 3 is 2.93 bits per heavy atom. The molecule has 1 saturated carbocycles.